The Morgan fingerprint density at radius 3 is 2.48 bits per heavy atom. The highest BCUT2D eigenvalue weighted by Gasteiger charge is 2.28. The Kier molecular flexibility index (Phi) is 5.38. The zero-order chi connectivity index (χ0) is 17.0. The maximum absolute atomic E-state index is 12.7. The Morgan fingerprint density at radius 2 is 1.87 bits per heavy atom. The van der Waals surface area contributed by atoms with Crippen LogP contribution in [0.3, 0.4) is 0 Å². The number of primary amides is 1. The van der Waals surface area contributed by atoms with Crippen LogP contribution < -0.4 is 5.73 Å². The maximum Gasteiger partial charge on any atom is 0.338 e. The van der Waals surface area contributed by atoms with Crippen LogP contribution in [-0.4, -0.2) is 44.3 Å². The van der Waals surface area contributed by atoms with Gasteiger partial charge in [-0.2, -0.15) is 4.31 Å². The van der Waals surface area contributed by atoms with Gasteiger partial charge in [0, 0.05) is 13.1 Å². The lowest BCUT2D eigenvalue weighted by Crippen LogP contribution is -2.36. The quantitative estimate of drug-likeness (QED) is 0.798. The minimum absolute atomic E-state index is 0.0763. The van der Waals surface area contributed by atoms with Crippen LogP contribution in [0, 0.1) is 6.92 Å². The average Bonchev–Trinajstić information content (AvgIpc) is 2.53. The Hall–Kier alpha value is -1.93. The van der Waals surface area contributed by atoms with Gasteiger partial charge in [0.1, 0.15) is 0 Å². The number of ether oxygens (including phenoxy) is 1. The second-order valence-electron chi connectivity index (χ2n) is 5.49. The van der Waals surface area contributed by atoms with Crippen molar-refractivity contribution in [1.82, 2.24) is 4.31 Å². The number of benzene rings is 1. The van der Waals surface area contributed by atoms with Gasteiger partial charge in [0.2, 0.25) is 10.0 Å². The first-order valence-electron chi connectivity index (χ1n) is 7.38. The van der Waals surface area contributed by atoms with E-state index in [1.54, 1.807) is 13.0 Å². The van der Waals surface area contributed by atoms with Crippen LogP contribution in [0.15, 0.2) is 23.1 Å². The van der Waals surface area contributed by atoms with Crippen molar-refractivity contribution in [3.63, 3.8) is 0 Å². The standard InChI is InChI=1S/C15H20N2O5S/c1-11-5-6-12(15(19)22-10-14(16)18)9-13(11)23(20,21)17-7-3-2-4-8-17/h5-6,9H,2-4,7-8,10H2,1H3,(H2,16,18). The van der Waals surface area contributed by atoms with E-state index in [1.807, 2.05) is 0 Å². The van der Waals surface area contributed by atoms with Gasteiger partial charge in [-0.15, -0.1) is 0 Å². The molecule has 1 aliphatic heterocycles. The molecule has 126 valence electrons. The fourth-order valence-corrected chi connectivity index (χ4v) is 4.24. The van der Waals surface area contributed by atoms with Gasteiger partial charge in [-0.05, 0) is 37.5 Å². The summed E-state index contributed by atoms with van der Waals surface area (Å²) >= 11 is 0. The van der Waals surface area contributed by atoms with Gasteiger partial charge in [0.15, 0.2) is 6.61 Å². The van der Waals surface area contributed by atoms with E-state index in [-0.39, 0.29) is 10.5 Å². The Bertz CT molecular complexity index is 709. The molecule has 0 aliphatic carbocycles. The van der Waals surface area contributed by atoms with Gasteiger partial charge in [-0.25, -0.2) is 13.2 Å². The van der Waals surface area contributed by atoms with Crippen LogP contribution in [-0.2, 0) is 19.6 Å². The monoisotopic (exact) mass is 340 g/mol. The van der Waals surface area contributed by atoms with Gasteiger partial charge in [0.25, 0.3) is 5.91 Å². The van der Waals surface area contributed by atoms with Crippen LogP contribution in [0.5, 0.6) is 0 Å². The van der Waals surface area contributed by atoms with Gasteiger partial charge in [-0.1, -0.05) is 12.5 Å². The molecule has 0 spiro atoms. The van der Waals surface area contributed by atoms with Crippen molar-refractivity contribution in [2.75, 3.05) is 19.7 Å². The second kappa shape index (κ2) is 7.10. The number of nitrogens with zero attached hydrogens (tertiary/aromatic N) is 1. The summed E-state index contributed by atoms with van der Waals surface area (Å²) in [7, 11) is -3.65. The molecular weight excluding hydrogens is 320 g/mol. The topological polar surface area (TPSA) is 107 Å². The molecule has 8 heteroatoms. The highest BCUT2D eigenvalue weighted by molar-refractivity contribution is 7.89. The van der Waals surface area contributed by atoms with Crippen molar-refractivity contribution in [3.8, 4) is 0 Å². The van der Waals surface area contributed by atoms with Crippen LogP contribution in [0.25, 0.3) is 0 Å². The summed E-state index contributed by atoms with van der Waals surface area (Å²) in [4.78, 5) is 22.6. The van der Waals surface area contributed by atoms with E-state index >= 15 is 0 Å². The van der Waals surface area contributed by atoms with Crippen molar-refractivity contribution in [2.45, 2.75) is 31.1 Å². The molecule has 2 N–H and O–H groups in total. The fraction of sp³-hybridized carbons (Fsp3) is 0.467. The first-order valence-corrected chi connectivity index (χ1v) is 8.82. The molecule has 0 atom stereocenters. The van der Waals surface area contributed by atoms with Crippen LogP contribution in [0.2, 0.25) is 0 Å². The largest absolute Gasteiger partial charge is 0.452 e. The number of piperidine rings is 1. The third-order valence-electron chi connectivity index (χ3n) is 3.70. The van der Waals surface area contributed by atoms with Crippen molar-refractivity contribution >= 4 is 21.9 Å². The van der Waals surface area contributed by atoms with E-state index in [4.69, 9.17) is 10.5 Å². The number of amides is 1. The summed E-state index contributed by atoms with van der Waals surface area (Å²) < 4.78 is 31.7. The number of carbonyl (C=O) groups is 2. The molecule has 2 rings (SSSR count). The molecule has 1 fully saturated rings. The number of hydrogen-bond donors (Lipinski definition) is 1. The van der Waals surface area contributed by atoms with E-state index < -0.39 is 28.5 Å². The molecular formula is C15H20N2O5S. The van der Waals surface area contributed by atoms with Gasteiger partial charge >= 0.3 is 5.97 Å². The molecule has 7 nitrogen and oxygen atoms in total. The lowest BCUT2D eigenvalue weighted by molar-refractivity contribution is -0.121. The Labute approximate surface area is 135 Å². The van der Waals surface area contributed by atoms with Gasteiger partial charge in [0.05, 0.1) is 10.5 Å². The molecule has 0 aromatic heterocycles. The van der Waals surface area contributed by atoms with Crippen LogP contribution in [0.4, 0.5) is 0 Å². The molecule has 0 radical (unpaired) electrons. The second-order valence-corrected chi connectivity index (χ2v) is 7.39. The highest BCUT2D eigenvalue weighted by atomic mass is 32.2. The molecule has 1 heterocycles. The lowest BCUT2D eigenvalue weighted by atomic mass is 10.1. The number of nitrogens with two attached hydrogens (primary N) is 1. The minimum atomic E-state index is -3.65. The number of rotatable bonds is 5. The van der Waals surface area contributed by atoms with E-state index in [0.717, 1.165) is 19.3 Å². The number of aryl methyl sites for hydroxylation is 1. The van der Waals surface area contributed by atoms with E-state index in [0.29, 0.717) is 18.7 Å². The molecule has 0 saturated carbocycles. The van der Waals surface area contributed by atoms with E-state index in [2.05, 4.69) is 0 Å². The van der Waals surface area contributed by atoms with Crippen LogP contribution >= 0.6 is 0 Å². The number of sulfonamides is 1. The summed E-state index contributed by atoms with van der Waals surface area (Å²) in [6, 6.07) is 4.31. The SMILES string of the molecule is Cc1ccc(C(=O)OCC(N)=O)cc1S(=O)(=O)N1CCCCC1. The normalized spacial score (nSPS) is 16.0. The molecule has 1 amide bonds. The van der Waals surface area contributed by atoms with Gasteiger partial charge < -0.3 is 10.5 Å². The summed E-state index contributed by atoms with van der Waals surface area (Å²) in [6.45, 7) is 2.10. The number of hydrogen-bond acceptors (Lipinski definition) is 5. The van der Waals surface area contributed by atoms with Crippen LogP contribution in [0.1, 0.15) is 35.2 Å². The van der Waals surface area contributed by atoms with Crippen molar-refractivity contribution < 1.29 is 22.7 Å². The fourth-order valence-electron chi connectivity index (χ4n) is 2.47. The highest BCUT2D eigenvalue weighted by Crippen LogP contribution is 2.24. The molecule has 1 saturated heterocycles. The predicted octanol–water partition coefficient (Wildman–Crippen LogP) is 0.812. The Balaban J connectivity index is 2.29. The van der Waals surface area contributed by atoms with E-state index in [1.165, 1.54) is 16.4 Å². The third-order valence-corrected chi connectivity index (χ3v) is 5.74. The molecule has 23 heavy (non-hydrogen) atoms. The maximum atomic E-state index is 12.7. The summed E-state index contributed by atoms with van der Waals surface area (Å²) in [6.07, 6.45) is 2.68. The van der Waals surface area contributed by atoms with Gasteiger partial charge in [-0.3, -0.25) is 4.79 Å². The first-order chi connectivity index (χ1) is 10.8. The average molecular weight is 340 g/mol. The van der Waals surface area contributed by atoms with Crippen molar-refractivity contribution in [2.24, 2.45) is 5.73 Å². The smallest absolute Gasteiger partial charge is 0.338 e. The van der Waals surface area contributed by atoms with Crippen molar-refractivity contribution in [3.05, 3.63) is 29.3 Å². The van der Waals surface area contributed by atoms with Crippen molar-refractivity contribution in [1.29, 1.82) is 0 Å². The predicted molar refractivity (Wildman–Crippen MR) is 83.3 cm³/mol. The summed E-state index contributed by atoms with van der Waals surface area (Å²) in [5.74, 6) is -1.55. The van der Waals surface area contributed by atoms with E-state index in [9.17, 15) is 18.0 Å². The minimum Gasteiger partial charge on any atom is -0.452 e. The summed E-state index contributed by atoms with van der Waals surface area (Å²) in [5, 5.41) is 0. The lowest BCUT2D eigenvalue weighted by Gasteiger charge is -2.26. The molecule has 1 aliphatic rings. The zero-order valence-corrected chi connectivity index (χ0v) is 13.8. The first kappa shape index (κ1) is 17.4. The number of esters is 1. The molecule has 1 aromatic rings. The number of carbonyl (C=O) groups excluding carboxylic acids is 2. The molecule has 1 aromatic carbocycles. The molecule has 0 bridgehead atoms. The third kappa shape index (κ3) is 4.08. The summed E-state index contributed by atoms with van der Waals surface area (Å²) in [5.41, 5.74) is 5.55. The molecule has 0 unspecified atom stereocenters. The Morgan fingerprint density at radius 1 is 1.22 bits per heavy atom. The zero-order valence-electron chi connectivity index (χ0n) is 12.9.